The van der Waals surface area contributed by atoms with E-state index < -0.39 is 0 Å². The highest BCUT2D eigenvalue weighted by atomic mass is 32.1. The molecule has 0 amide bonds. The van der Waals surface area contributed by atoms with E-state index in [1.165, 1.54) is 5.69 Å². The van der Waals surface area contributed by atoms with Crippen LogP contribution < -0.4 is 0 Å². The summed E-state index contributed by atoms with van der Waals surface area (Å²) in [5.41, 5.74) is 2.19. The summed E-state index contributed by atoms with van der Waals surface area (Å²) in [4.78, 5) is 0. The molecular weight excluding hydrogens is 160 g/mol. The molecule has 1 heterocycles. The number of hydrogen-bond acceptors (Lipinski definition) is 2. The van der Waals surface area contributed by atoms with E-state index in [0.717, 1.165) is 29.7 Å². The van der Waals surface area contributed by atoms with Gasteiger partial charge in [0.15, 0.2) is 0 Å². The highest BCUT2D eigenvalue weighted by molar-refractivity contribution is 7.71. The quantitative estimate of drug-likeness (QED) is 0.469. The zero-order chi connectivity index (χ0) is 8.01. The summed E-state index contributed by atoms with van der Waals surface area (Å²) in [7, 11) is 1.90. The van der Waals surface area contributed by atoms with Crippen molar-refractivity contribution in [3.8, 4) is 0 Å². The van der Waals surface area contributed by atoms with E-state index in [-0.39, 0.29) is 0 Å². The molecule has 0 unspecified atom stereocenters. The van der Waals surface area contributed by atoms with Crippen LogP contribution in [-0.4, -0.2) is 14.5 Å². The van der Waals surface area contributed by atoms with E-state index in [0.29, 0.717) is 4.77 Å². The Morgan fingerprint density at radius 1 is 1.36 bits per heavy atom. The summed E-state index contributed by atoms with van der Waals surface area (Å²) >= 11 is 4.98. The molecule has 0 bridgehead atoms. The molecule has 0 fully saturated rings. The Labute approximate surface area is 69.8 Å². The van der Waals surface area contributed by atoms with Gasteiger partial charge in [0.2, 0.25) is 4.77 Å². The average molecular weight is 170 g/mol. The fraction of sp³-hybridized carbons (Fsp3) is 0.571. The SMILES string of the molecule is Cn1c2c(n(O)c1=S)CCC2. The molecule has 0 aromatic carbocycles. The van der Waals surface area contributed by atoms with Crippen molar-refractivity contribution in [3.05, 3.63) is 16.2 Å². The normalized spacial score (nSPS) is 15.4. The predicted octanol–water partition coefficient (Wildman–Crippen LogP) is 1.28. The third-order valence-corrected chi connectivity index (χ3v) is 2.74. The van der Waals surface area contributed by atoms with Gasteiger partial charge in [-0.1, -0.05) is 0 Å². The molecule has 1 aliphatic carbocycles. The largest absolute Gasteiger partial charge is 0.426 e. The van der Waals surface area contributed by atoms with Crippen molar-refractivity contribution in [2.45, 2.75) is 19.3 Å². The Kier molecular flexibility index (Phi) is 1.32. The number of aromatic nitrogens is 2. The second-order valence-electron chi connectivity index (χ2n) is 2.90. The minimum atomic E-state index is 0.509. The molecule has 4 heteroatoms. The Hall–Kier alpha value is -0.770. The second kappa shape index (κ2) is 2.11. The molecule has 1 aromatic rings. The summed E-state index contributed by atoms with van der Waals surface area (Å²) in [5, 5.41) is 9.43. The van der Waals surface area contributed by atoms with E-state index in [4.69, 9.17) is 12.2 Å². The number of rotatable bonds is 0. The van der Waals surface area contributed by atoms with Gasteiger partial charge in [-0.05, 0) is 31.5 Å². The first-order chi connectivity index (χ1) is 5.22. The molecule has 0 saturated carbocycles. The van der Waals surface area contributed by atoms with Crippen molar-refractivity contribution in [1.82, 2.24) is 9.30 Å². The maximum atomic E-state index is 9.43. The van der Waals surface area contributed by atoms with Crippen molar-refractivity contribution in [2.24, 2.45) is 7.05 Å². The molecule has 2 rings (SSSR count). The molecule has 0 radical (unpaired) electrons. The maximum Gasteiger partial charge on any atom is 0.214 e. The summed E-state index contributed by atoms with van der Waals surface area (Å²) in [6.45, 7) is 0. The van der Waals surface area contributed by atoms with E-state index in [1.807, 2.05) is 11.6 Å². The lowest BCUT2D eigenvalue weighted by atomic mass is 10.4. The van der Waals surface area contributed by atoms with Gasteiger partial charge in [-0.25, -0.2) is 0 Å². The van der Waals surface area contributed by atoms with Gasteiger partial charge in [0.25, 0.3) is 0 Å². The lowest BCUT2D eigenvalue weighted by Gasteiger charge is -1.94. The molecule has 11 heavy (non-hydrogen) atoms. The summed E-state index contributed by atoms with van der Waals surface area (Å²) in [6, 6.07) is 0. The lowest BCUT2D eigenvalue weighted by molar-refractivity contribution is 0.171. The van der Waals surface area contributed by atoms with Crippen LogP contribution in [0.4, 0.5) is 0 Å². The lowest BCUT2D eigenvalue weighted by Crippen LogP contribution is -1.97. The monoisotopic (exact) mass is 170 g/mol. The van der Waals surface area contributed by atoms with Crippen LogP contribution in [0.2, 0.25) is 0 Å². The fourth-order valence-electron chi connectivity index (χ4n) is 1.67. The molecule has 0 saturated heterocycles. The minimum Gasteiger partial charge on any atom is -0.426 e. The Bertz CT molecular complexity index is 320. The molecule has 0 aliphatic heterocycles. The van der Waals surface area contributed by atoms with Gasteiger partial charge in [0.1, 0.15) is 0 Å². The van der Waals surface area contributed by atoms with Crippen LogP contribution in [0.3, 0.4) is 0 Å². The van der Waals surface area contributed by atoms with E-state index in [9.17, 15) is 5.21 Å². The smallest absolute Gasteiger partial charge is 0.214 e. The van der Waals surface area contributed by atoms with E-state index in [2.05, 4.69) is 0 Å². The Morgan fingerprint density at radius 2 is 2.00 bits per heavy atom. The molecule has 0 spiro atoms. The number of fused-ring (bicyclic) bond motifs is 1. The van der Waals surface area contributed by atoms with Crippen LogP contribution in [0, 0.1) is 4.77 Å². The predicted molar refractivity (Wildman–Crippen MR) is 43.4 cm³/mol. The number of nitrogens with zero attached hydrogens (tertiary/aromatic N) is 2. The van der Waals surface area contributed by atoms with Gasteiger partial charge in [-0.2, -0.15) is 4.73 Å². The van der Waals surface area contributed by atoms with Crippen LogP contribution >= 0.6 is 12.2 Å². The molecule has 1 aliphatic rings. The second-order valence-corrected chi connectivity index (χ2v) is 3.27. The van der Waals surface area contributed by atoms with Gasteiger partial charge in [0, 0.05) is 12.7 Å². The molecular formula is C7H10N2OS. The van der Waals surface area contributed by atoms with E-state index >= 15 is 0 Å². The Morgan fingerprint density at radius 3 is 2.64 bits per heavy atom. The van der Waals surface area contributed by atoms with Crippen LogP contribution in [0.5, 0.6) is 0 Å². The highest BCUT2D eigenvalue weighted by Crippen LogP contribution is 2.21. The van der Waals surface area contributed by atoms with Crippen molar-refractivity contribution in [1.29, 1.82) is 0 Å². The summed E-state index contributed by atoms with van der Waals surface area (Å²) < 4.78 is 3.53. The number of hydrogen-bond donors (Lipinski definition) is 1. The summed E-state index contributed by atoms with van der Waals surface area (Å²) in [6.07, 6.45) is 3.13. The third kappa shape index (κ3) is 0.758. The molecule has 1 N–H and O–H groups in total. The Balaban J connectivity index is 2.78. The zero-order valence-electron chi connectivity index (χ0n) is 6.37. The van der Waals surface area contributed by atoms with Crippen LogP contribution in [0.25, 0.3) is 0 Å². The average Bonchev–Trinajstić information content (AvgIpc) is 2.53. The van der Waals surface area contributed by atoms with Crippen molar-refractivity contribution < 1.29 is 5.21 Å². The van der Waals surface area contributed by atoms with E-state index in [1.54, 1.807) is 0 Å². The first-order valence-corrected chi connectivity index (χ1v) is 4.11. The topological polar surface area (TPSA) is 30.1 Å². The van der Waals surface area contributed by atoms with Gasteiger partial charge >= 0.3 is 0 Å². The molecule has 60 valence electrons. The fourth-order valence-corrected chi connectivity index (χ4v) is 1.89. The van der Waals surface area contributed by atoms with Crippen LogP contribution in [-0.2, 0) is 19.9 Å². The first-order valence-electron chi connectivity index (χ1n) is 3.70. The van der Waals surface area contributed by atoms with Crippen molar-refractivity contribution in [3.63, 3.8) is 0 Å². The molecule has 1 aromatic heterocycles. The van der Waals surface area contributed by atoms with Crippen LogP contribution in [0.15, 0.2) is 0 Å². The van der Waals surface area contributed by atoms with Crippen molar-refractivity contribution >= 4 is 12.2 Å². The molecule has 3 nitrogen and oxygen atoms in total. The summed E-state index contributed by atoms with van der Waals surface area (Å²) in [5.74, 6) is 0. The standard InChI is InChI=1S/C7H10N2OS/c1-8-5-3-2-4-6(5)9(10)7(8)11/h10H,2-4H2,1H3. The van der Waals surface area contributed by atoms with Crippen molar-refractivity contribution in [2.75, 3.05) is 0 Å². The zero-order valence-corrected chi connectivity index (χ0v) is 7.19. The van der Waals surface area contributed by atoms with Gasteiger partial charge < -0.3 is 9.77 Å². The number of imidazole rings is 1. The highest BCUT2D eigenvalue weighted by Gasteiger charge is 2.19. The van der Waals surface area contributed by atoms with Gasteiger partial charge in [0.05, 0.1) is 5.69 Å². The van der Waals surface area contributed by atoms with Gasteiger partial charge in [-0.3, -0.25) is 0 Å². The molecule has 0 atom stereocenters. The maximum absolute atomic E-state index is 9.43. The van der Waals surface area contributed by atoms with Gasteiger partial charge in [-0.15, -0.1) is 0 Å². The third-order valence-electron chi connectivity index (χ3n) is 2.29. The van der Waals surface area contributed by atoms with Crippen LogP contribution in [0.1, 0.15) is 17.8 Å². The first kappa shape index (κ1) is 6.91. The minimum absolute atomic E-state index is 0.509.